The van der Waals surface area contributed by atoms with Crippen LogP contribution in [0.3, 0.4) is 0 Å². The molecule has 0 aliphatic rings. The number of hydrogen-bond acceptors (Lipinski definition) is 3. The van der Waals surface area contributed by atoms with Crippen LogP contribution >= 0.6 is 0 Å². The fourth-order valence-corrected chi connectivity index (χ4v) is 1.33. The summed E-state index contributed by atoms with van der Waals surface area (Å²) in [7, 11) is 1.40. The maximum Gasteiger partial charge on any atom is 0.239 e. The summed E-state index contributed by atoms with van der Waals surface area (Å²) in [4.78, 5) is 11.3. The highest BCUT2D eigenvalue weighted by Crippen LogP contribution is 2.20. The summed E-state index contributed by atoms with van der Waals surface area (Å²) in [6, 6.07) is 4.56. The van der Waals surface area contributed by atoms with Gasteiger partial charge in [-0.15, -0.1) is 0 Å². The number of benzene rings is 1. The highest BCUT2D eigenvalue weighted by Gasteiger charge is 2.05. The number of carbonyl (C=O) groups is 1. The van der Waals surface area contributed by atoms with Crippen LogP contribution in [-0.4, -0.2) is 25.6 Å². The van der Waals surface area contributed by atoms with Crippen LogP contribution in [0, 0.1) is 5.82 Å². The molecule has 1 aromatic rings. The van der Waals surface area contributed by atoms with Gasteiger partial charge >= 0.3 is 0 Å². The van der Waals surface area contributed by atoms with Crippen molar-refractivity contribution in [3.05, 3.63) is 24.0 Å². The van der Waals surface area contributed by atoms with E-state index >= 15 is 0 Å². The molecule has 1 aromatic carbocycles. The Labute approximate surface area is 100 Å². The number of halogens is 1. The smallest absolute Gasteiger partial charge is 0.239 e. The molecule has 0 atom stereocenters. The Morgan fingerprint density at radius 2 is 2.18 bits per heavy atom. The van der Waals surface area contributed by atoms with Gasteiger partial charge in [-0.05, 0) is 26.0 Å². The second-order valence-corrected chi connectivity index (χ2v) is 3.93. The molecular weight excluding hydrogens is 223 g/mol. The summed E-state index contributed by atoms with van der Waals surface area (Å²) in [6.45, 7) is 3.87. The SMILES string of the molecule is COc1ccc(NCC(=O)NC(C)C)cc1F. The van der Waals surface area contributed by atoms with E-state index in [1.54, 1.807) is 6.07 Å². The van der Waals surface area contributed by atoms with Crippen molar-refractivity contribution in [3.63, 3.8) is 0 Å². The van der Waals surface area contributed by atoms with Gasteiger partial charge in [0.1, 0.15) is 0 Å². The van der Waals surface area contributed by atoms with Gasteiger partial charge in [0.2, 0.25) is 5.91 Å². The van der Waals surface area contributed by atoms with Crippen molar-refractivity contribution in [2.75, 3.05) is 19.0 Å². The minimum absolute atomic E-state index is 0.0944. The predicted octanol–water partition coefficient (Wildman–Crippen LogP) is 1.77. The Hall–Kier alpha value is -1.78. The molecule has 1 rings (SSSR count). The summed E-state index contributed by atoms with van der Waals surface area (Å²) in [5.74, 6) is -0.403. The molecule has 94 valence electrons. The van der Waals surface area contributed by atoms with Gasteiger partial charge in [0.05, 0.1) is 13.7 Å². The first-order chi connectivity index (χ1) is 8.02. The van der Waals surface area contributed by atoms with E-state index in [1.807, 2.05) is 13.8 Å². The van der Waals surface area contributed by atoms with Crippen LogP contribution in [0.1, 0.15) is 13.8 Å². The fraction of sp³-hybridized carbons (Fsp3) is 0.417. The molecule has 4 nitrogen and oxygen atoms in total. The van der Waals surface area contributed by atoms with E-state index in [4.69, 9.17) is 4.74 Å². The summed E-state index contributed by atoms with van der Waals surface area (Å²) >= 11 is 0. The molecule has 0 bridgehead atoms. The van der Waals surface area contributed by atoms with Crippen LogP contribution in [-0.2, 0) is 4.79 Å². The monoisotopic (exact) mass is 240 g/mol. The van der Waals surface area contributed by atoms with Gasteiger partial charge in [-0.25, -0.2) is 4.39 Å². The Morgan fingerprint density at radius 1 is 1.47 bits per heavy atom. The number of methoxy groups -OCH3 is 1. The van der Waals surface area contributed by atoms with Crippen molar-refractivity contribution in [3.8, 4) is 5.75 Å². The second-order valence-electron chi connectivity index (χ2n) is 3.93. The lowest BCUT2D eigenvalue weighted by Crippen LogP contribution is -2.34. The number of anilines is 1. The van der Waals surface area contributed by atoms with Gasteiger partial charge in [-0.2, -0.15) is 0 Å². The maximum atomic E-state index is 13.3. The summed E-state index contributed by atoms with van der Waals surface area (Å²) in [6.07, 6.45) is 0. The predicted molar refractivity (Wildman–Crippen MR) is 64.7 cm³/mol. The Balaban J connectivity index is 2.52. The molecule has 0 fully saturated rings. The lowest BCUT2D eigenvalue weighted by molar-refractivity contribution is -0.119. The van der Waals surface area contributed by atoms with Gasteiger partial charge in [0.25, 0.3) is 0 Å². The minimum Gasteiger partial charge on any atom is -0.494 e. The van der Waals surface area contributed by atoms with Gasteiger partial charge in [0.15, 0.2) is 11.6 Å². The molecule has 0 aliphatic heterocycles. The molecule has 17 heavy (non-hydrogen) atoms. The zero-order valence-corrected chi connectivity index (χ0v) is 10.2. The molecule has 0 unspecified atom stereocenters. The topological polar surface area (TPSA) is 50.4 Å². The average Bonchev–Trinajstić information content (AvgIpc) is 2.25. The molecule has 2 N–H and O–H groups in total. The standard InChI is InChI=1S/C12H17FN2O2/c1-8(2)15-12(16)7-14-9-4-5-11(17-3)10(13)6-9/h4-6,8,14H,7H2,1-3H3,(H,15,16). The van der Waals surface area contributed by atoms with E-state index in [0.29, 0.717) is 5.69 Å². The third-order valence-electron chi connectivity index (χ3n) is 2.05. The number of carbonyl (C=O) groups excluding carboxylic acids is 1. The fourth-order valence-electron chi connectivity index (χ4n) is 1.33. The van der Waals surface area contributed by atoms with Gasteiger partial charge in [-0.1, -0.05) is 0 Å². The Kier molecular flexibility index (Phi) is 4.75. The molecule has 0 aliphatic carbocycles. The van der Waals surface area contributed by atoms with E-state index in [2.05, 4.69) is 10.6 Å². The van der Waals surface area contributed by atoms with Crippen molar-refractivity contribution in [1.29, 1.82) is 0 Å². The van der Waals surface area contributed by atoms with Crippen molar-refractivity contribution in [2.24, 2.45) is 0 Å². The lowest BCUT2D eigenvalue weighted by Gasteiger charge is -2.10. The quantitative estimate of drug-likeness (QED) is 0.824. The molecule has 0 saturated heterocycles. The summed E-state index contributed by atoms with van der Waals surface area (Å²) < 4.78 is 18.1. The van der Waals surface area contributed by atoms with Gasteiger partial charge < -0.3 is 15.4 Å². The first-order valence-electron chi connectivity index (χ1n) is 5.39. The third kappa shape index (κ3) is 4.30. The molecule has 0 heterocycles. The van der Waals surface area contributed by atoms with Crippen LogP contribution in [0.2, 0.25) is 0 Å². The van der Waals surface area contributed by atoms with Crippen LogP contribution in [0.25, 0.3) is 0 Å². The average molecular weight is 240 g/mol. The molecule has 0 spiro atoms. The molecule has 5 heteroatoms. The van der Waals surface area contributed by atoms with Crippen molar-refractivity contribution >= 4 is 11.6 Å². The van der Waals surface area contributed by atoms with Crippen LogP contribution < -0.4 is 15.4 Å². The van der Waals surface area contributed by atoms with Crippen molar-refractivity contribution in [2.45, 2.75) is 19.9 Å². The molecule has 1 amide bonds. The first-order valence-corrected chi connectivity index (χ1v) is 5.39. The minimum atomic E-state index is -0.457. The Morgan fingerprint density at radius 3 is 2.71 bits per heavy atom. The molecular formula is C12H17FN2O2. The molecule has 0 radical (unpaired) electrons. The summed E-state index contributed by atoms with van der Waals surface area (Å²) in [5.41, 5.74) is 0.544. The van der Waals surface area contributed by atoms with E-state index in [1.165, 1.54) is 19.2 Å². The normalized spacial score (nSPS) is 10.2. The number of rotatable bonds is 5. The van der Waals surface area contributed by atoms with Crippen LogP contribution in [0.15, 0.2) is 18.2 Å². The van der Waals surface area contributed by atoms with E-state index in [-0.39, 0.29) is 24.2 Å². The number of ether oxygens (including phenoxy) is 1. The largest absolute Gasteiger partial charge is 0.494 e. The van der Waals surface area contributed by atoms with E-state index < -0.39 is 5.82 Å². The lowest BCUT2D eigenvalue weighted by atomic mass is 10.3. The second kappa shape index (κ2) is 6.08. The van der Waals surface area contributed by atoms with Crippen molar-refractivity contribution < 1.29 is 13.9 Å². The van der Waals surface area contributed by atoms with E-state index in [9.17, 15) is 9.18 Å². The van der Waals surface area contributed by atoms with E-state index in [0.717, 1.165) is 0 Å². The third-order valence-corrected chi connectivity index (χ3v) is 2.05. The van der Waals surface area contributed by atoms with Crippen LogP contribution in [0.5, 0.6) is 5.75 Å². The van der Waals surface area contributed by atoms with Gasteiger partial charge in [-0.3, -0.25) is 4.79 Å². The zero-order valence-electron chi connectivity index (χ0n) is 10.2. The van der Waals surface area contributed by atoms with Crippen LogP contribution in [0.4, 0.5) is 10.1 Å². The first kappa shape index (κ1) is 13.3. The molecule has 0 saturated carbocycles. The zero-order chi connectivity index (χ0) is 12.8. The maximum absolute atomic E-state index is 13.3. The highest BCUT2D eigenvalue weighted by molar-refractivity contribution is 5.80. The molecule has 0 aromatic heterocycles. The number of nitrogens with one attached hydrogen (secondary N) is 2. The highest BCUT2D eigenvalue weighted by atomic mass is 19.1. The summed E-state index contributed by atoms with van der Waals surface area (Å²) in [5, 5.41) is 5.56. The Bertz CT molecular complexity index is 394. The van der Waals surface area contributed by atoms with Gasteiger partial charge in [0, 0.05) is 17.8 Å². The number of amides is 1. The van der Waals surface area contributed by atoms with Crippen molar-refractivity contribution in [1.82, 2.24) is 5.32 Å². The number of hydrogen-bond donors (Lipinski definition) is 2.